The molecule has 0 amide bonds. The number of hydrogen-bond donors (Lipinski definition) is 2. The van der Waals surface area contributed by atoms with Crippen molar-refractivity contribution in [1.82, 2.24) is 0 Å². The Morgan fingerprint density at radius 1 is 0.571 bits per heavy atom. The standard InChI is InChI=1S/C35H65NO6/c1-5-6-7-8-9-10-11-12-13-14-15-16-17-18-19-20-21-22-23-24-25-26-36(27-30(2)33(37)38,28-31(3)34(39)40)29-32(4)35(41)42/h5-6,30-32H,7-29H2,1-4H3,(H2-,37,38,39,40,41,42)/b6-5+. The van der Waals surface area contributed by atoms with Crippen molar-refractivity contribution in [2.45, 2.75) is 150 Å². The van der Waals surface area contributed by atoms with E-state index < -0.39 is 35.7 Å². The molecule has 0 aliphatic heterocycles. The molecule has 0 aromatic rings. The highest BCUT2D eigenvalue weighted by Gasteiger charge is 2.36. The van der Waals surface area contributed by atoms with E-state index in [1.165, 1.54) is 103 Å². The number of carboxylic acids is 3. The summed E-state index contributed by atoms with van der Waals surface area (Å²) in [6.45, 7) is 8.11. The van der Waals surface area contributed by atoms with Crippen molar-refractivity contribution in [3.63, 3.8) is 0 Å². The van der Waals surface area contributed by atoms with E-state index >= 15 is 0 Å². The number of carbonyl (C=O) groups excluding carboxylic acids is 1. The van der Waals surface area contributed by atoms with Gasteiger partial charge in [0.15, 0.2) is 0 Å². The SMILES string of the molecule is C/C=C/CCCCCCCCCCCCCCCCCCCC[N+](CC(C)C(=O)[O-])(CC(C)C(=O)O)CC(C)C(=O)O. The van der Waals surface area contributed by atoms with Crippen LogP contribution in [0.3, 0.4) is 0 Å². The molecule has 0 aromatic heterocycles. The Morgan fingerprint density at radius 3 is 1.19 bits per heavy atom. The smallest absolute Gasteiger partial charge is 0.311 e. The Bertz CT molecular complexity index is 682. The van der Waals surface area contributed by atoms with Crippen LogP contribution >= 0.6 is 0 Å². The van der Waals surface area contributed by atoms with E-state index in [9.17, 15) is 29.7 Å². The number of hydrogen-bond acceptors (Lipinski definition) is 4. The van der Waals surface area contributed by atoms with Crippen LogP contribution in [-0.4, -0.2) is 58.8 Å². The Hall–Kier alpha value is -1.89. The summed E-state index contributed by atoms with van der Waals surface area (Å²) < 4.78 is 0.188. The fraction of sp³-hybridized carbons (Fsp3) is 0.857. The lowest BCUT2D eigenvalue weighted by atomic mass is 10.00. The lowest BCUT2D eigenvalue weighted by molar-refractivity contribution is -0.934. The van der Waals surface area contributed by atoms with Crippen LogP contribution in [0.25, 0.3) is 0 Å². The normalized spacial score (nSPS) is 15.3. The van der Waals surface area contributed by atoms with Gasteiger partial charge in [-0.3, -0.25) is 9.59 Å². The van der Waals surface area contributed by atoms with Gasteiger partial charge in [-0.2, -0.15) is 0 Å². The van der Waals surface area contributed by atoms with Crippen molar-refractivity contribution in [1.29, 1.82) is 0 Å². The second-order valence-corrected chi connectivity index (χ2v) is 13.0. The van der Waals surface area contributed by atoms with Gasteiger partial charge in [0.1, 0.15) is 11.8 Å². The quantitative estimate of drug-likeness (QED) is 0.0501. The molecule has 0 radical (unpaired) electrons. The summed E-state index contributed by atoms with van der Waals surface area (Å²) in [5.74, 6) is -5.22. The monoisotopic (exact) mass is 595 g/mol. The van der Waals surface area contributed by atoms with Gasteiger partial charge >= 0.3 is 11.9 Å². The number of unbranched alkanes of at least 4 members (excludes halogenated alkanes) is 18. The van der Waals surface area contributed by atoms with E-state index in [4.69, 9.17) is 0 Å². The minimum Gasteiger partial charge on any atom is -0.550 e. The Balaban J connectivity index is 4.15. The minimum absolute atomic E-state index is 0.188. The van der Waals surface area contributed by atoms with Gasteiger partial charge in [0, 0.05) is 11.9 Å². The molecule has 0 heterocycles. The molecule has 7 nitrogen and oxygen atoms in total. The summed E-state index contributed by atoms with van der Waals surface area (Å²) in [6.07, 6.45) is 28.6. The summed E-state index contributed by atoms with van der Waals surface area (Å²) in [7, 11) is 0. The molecule has 0 saturated carbocycles. The van der Waals surface area contributed by atoms with Crippen LogP contribution in [0.5, 0.6) is 0 Å². The minimum atomic E-state index is -1.18. The molecule has 0 spiro atoms. The molecule has 0 fully saturated rings. The van der Waals surface area contributed by atoms with Crippen LogP contribution in [0.15, 0.2) is 12.2 Å². The van der Waals surface area contributed by atoms with Crippen LogP contribution < -0.4 is 5.11 Å². The van der Waals surface area contributed by atoms with Crippen molar-refractivity contribution in [3.8, 4) is 0 Å². The van der Waals surface area contributed by atoms with Gasteiger partial charge in [-0.1, -0.05) is 115 Å². The topological polar surface area (TPSA) is 115 Å². The molecular weight excluding hydrogens is 530 g/mol. The van der Waals surface area contributed by atoms with E-state index in [1.54, 1.807) is 20.8 Å². The first-order valence-electron chi connectivity index (χ1n) is 17.2. The first-order chi connectivity index (χ1) is 20.0. The largest absolute Gasteiger partial charge is 0.550 e. The number of nitrogens with zero attached hydrogens (tertiary/aromatic N) is 1. The van der Waals surface area contributed by atoms with Crippen LogP contribution in [0.1, 0.15) is 150 Å². The first kappa shape index (κ1) is 40.1. The molecule has 0 aliphatic rings. The maximum Gasteiger partial charge on any atom is 0.311 e. The third-order valence-corrected chi connectivity index (χ3v) is 8.72. The summed E-state index contributed by atoms with van der Waals surface area (Å²) >= 11 is 0. The summed E-state index contributed by atoms with van der Waals surface area (Å²) in [5.41, 5.74) is 0. The second-order valence-electron chi connectivity index (χ2n) is 13.0. The van der Waals surface area contributed by atoms with Gasteiger partial charge in [-0.15, -0.1) is 0 Å². The molecule has 0 saturated heterocycles. The molecule has 0 rings (SSSR count). The number of aliphatic carboxylic acids is 3. The summed E-state index contributed by atoms with van der Waals surface area (Å²) in [5, 5.41) is 30.6. The van der Waals surface area contributed by atoms with Gasteiger partial charge in [0.25, 0.3) is 0 Å². The van der Waals surface area contributed by atoms with Crippen LogP contribution in [-0.2, 0) is 14.4 Å². The fourth-order valence-corrected chi connectivity index (χ4v) is 6.18. The highest BCUT2D eigenvalue weighted by Crippen LogP contribution is 2.22. The van der Waals surface area contributed by atoms with E-state index in [1.807, 2.05) is 0 Å². The molecule has 246 valence electrons. The highest BCUT2D eigenvalue weighted by molar-refractivity contribution is 5.70. The molecular formula is C35H65NO6. The number of rotatable bonds is 30. The second kappa shape index (κ2) is 25.6. The van der Waals surface area contributed by atoms with Gasteiger partial charge in [0.05, 0.1) is 26.2 Å². The zero-order valence-electron chi connectivity index (χ0n) is 27.6. The highest BCUT2D eigenvalue weighted by atomic mass is 16.4. The summed E-state index contributed by atoms with van der Waals surface area (Å²) in [4.78, 5) is 34.8. The third-order valence-electron chi connectivity index (χ3n) is 8.72. The average molecular weight is 596 g/mol. The van der Waals surface area contributed by atoms with Gasteiger partial charge in [-0.05, 0) is 46.5 Å². The lowest BCUT2D eigenvalue weighted by Gasteiger charge is -2.43. The predicted molar refractivity (Wildman–Crippen MR) is 170 cm³/mol. The van der Waals surface area contributed by atoms with Crippen molar-refractivity contribution in [2.24, 2.45) is 17.8 Å². The number of carbonyl (C=O) groups is 3. The van der Waals surface area contributed by atoms with Crippen LogP contribution in [0, 0.1) is 17.8 Å². The zero-order valence-corrected chi connectivity index (χ0v) is 27.6. The molecule has 0 aromatic carbocycles. The van der Waals surface area contributed by atoms with E-state index in [2.05, 4.69) is 19.1 Å². The Labute approximate surface area is 257 Å². The average Bonchev–Trinajstić information content (AvgIpc) is 2.93. The van der Waals surface area contributed by atoms with Crippen molar-refractivity contribution in [2.75, 3.05) is 26.2 Å². The van der Waals surface area contributed by atoms with Gasteiger partial charge < -0.3 is 24.6 Å². The Kier molecular flexibility index (Phi) is 24.4. The molecule has 2 N–H and O–H groups in total. The molecule has 42 heavy (non-hydrogen) atoms. The predicted octanol–water partition coefficient (Wildman–Crippen LogP) is 7.62. The number of allylic oxidation sites excluding steroid dienone is 2. The maximum atomic E-state index is 11.6. The fourth-order valence-electron chi connectivity index (χ4n) is 6.18. The van der Waals surface area contributed by atoms with Crippen molar-refractivity contribution < 1.29 is 34.2 Å². The first-order valence-corrected chi connectivity index (χ1v) is 17.2. The molecule has 0 bridgehead atoms. The van der Waals surface area contributed by atoms with E-state index in [-0.39, 0.29) is 24.1 Å². The Morgan fingerprint density at radius 2 is 0.881 bits per heavy atom. The summed E-state index contributed by atoms with van der Waals surface area (Å²) in [6, 6.07) is 0. The van der Waals surface area contributed by atoms with Gasteiger partial charge in [0.2, 0.25) is 0 Å². The lowest BCUT2D eigenvalue weighted by Crippen LogP contribution is -2.58. The number of quaternary nitrogens is 1. The molecule has 3 unspecified atom stereocenters. The third kappa shape index (κ3) is 21.8. The van der Waals surface area contributed by atoms with E-state index in [0.29, 0.717) is 6.54 Å². The molecule has 0 aliphatic carbocycles. The van der Waals surface area contributed by atoms with E-state index in [0.717, 1.165) is 19.3 Å². The maximum absolute atomic E-state index is 11.6. The van der Waals surface area contributed by atoms with Gasteiger partial charge in [-0.25, -0.2) is 0 Å². The molecule has 7 heteroatoms. The van der Waals surface area contributed by atoms with Crippen LogP contribution in [0.4, 0.5) is 0 Å². The zero-order chi connectivity index (χ0) is 31.6. The molecule has 3 atom stereocenters. The van der Waals surface area contributed by atoms with Crippen molar-refractivity contribution in [3.05, 3.63) is 12.2 Å². The van der Waals surface area contributed by atoms with Crippen molar-refractivity contribution >= 4 is 17.9 Å². The van der Waals surface area contributed by atoms with Crippen LogP contribution in [0.2, 0.25) is 0 Å². The number of carboxylic acid groups (broad SMARTS) is 3.